The quantitative estimate of drug-likeness (QED) is 0.747. The Morgan fingerprint density at radius 3 is 2.85 bits per heavy atom. The fraction of sp³-hybridized carbons (Fsp3) is 0.250. The average Bonchev–Trinajstić information content (AvgIpc) is 3.38. The van der Waals surface area contributed by atoms with E-state index in [1.165, 1.54) is 6.07 Å². The van der Waals surface area contributed by atoms with Gasteiger partial charge in [-0.05, 0) is 49.1 Å². The second-order valence-electron chi connectivity index (χ2n) is 6.57. The Balaban J connectivity index is 1.52. The van der Waals surface area contributed by atoms with Crippen LogP contribution >= 0.6 is 0 Å². The number of rotatable bonds is 5. The van der Waals surface area contributed by atoms with Gasteiger partial charge in [-0.15, -0.1) is 0 Å². The topological polar surface area (TPSA) is 68.0 Å². The van der Waals surface area contributed by atoms with Crippen molar-refractivity contribution in [1.29, 1.82) is 0 Å². The molecule has 1 saturated carbocycles. The minimum atomic E-state index is -0.399. The molecule has 3 aromatic rings. The minimum Gasteiger partial charge on any atom is -0.339 e. The van der Waals surface area contributed by atoms with E-state index in [1.807, 2.05) is 18.2 Å². The highest BCUT2D eigenvalue weighted by molar-refractivity contribution is 6.04. The van der Waals surface area contributed by atoms with Crippen molar-refractivity contribution < 1.29 is 13.7 Å². The lowest BCUT2D eigenvalue weighted by atomic mass is 10.1. The molecule has 1 N–H and O–H groups in total. The third-order valence-corrected chi connectivity index (χ3v) is 4.47. The molecule has 26 heavy (non-hydrogen) atoms. The average molecular weight is 351 g/mol. The Bertz CT molecular complexity index is 963. The van der Waals surface area contributed by atoms with Gasteiger partial charge in [0.15, 0.2) is 5.82 Å². The monoisotopic (exact) mass is 351 g/mol. The number of aromatic nitrogens is 2. The predicted molar refractivity (Wildman–Crippen MR) is 94.6 cm³/mol. The van der Waals surface area contributed by atoms with Crippen LogP contribution in [0.4, 0.5) is 10.1 Å². The molecule has 1 fully saturated rings. The molecular weight excluding hydrogens is 333 g/mol. The van der Waals surface area contributed by atoms with Gasteiger partial charge in [-0.1, -0.05) is 29.4 Å². The Hall–Kier alpha value is -3.02. The number of amides is 1. The number of para-hydroxylation sites is 1. The number of carbonyl (C=O) groups is 1. The lowest BCUT2D eigenvalue weighted by Gasteiger charge is -2.10. The lowest BCUT2D eigenvalue weighted by Crippen LogP contribution is -2.14. The molecule has 1 aliphatic carbocycles. The van der Waals surface area contributed by atoms with Gasteiger partial charge in [0, 0.05) is 17.2 Å². The van der Waals surface area contributed by atoms with Crippen LogP contribution in [0.3, 0.4) is 0 Å². The summed E-state index contributed by atoms with van der Waals surface area (Å²) in [5.74, 6) is 0.954. The fourth-order valence-electron chi connectivity index (χ4n) is 2.74. The molecule has 0 radical (unpaired) electrons. The van der Waals surface area contributed by atoms with E-state index in [1.54, 1.807) is 25.1 Å². The van der Waals surface area contributed by atoms with Gasteiger partial charge in [0.05, 0.1) is 6.42 Å². The highest BCUT2D eigenvalue weighted by Gasteiger charge is 2.28. The van der Waals surface area contributed by atoms with Gasteiger partial charge in [0.25, 0.3) is 5.91 Å². The van der Waals surface area contributed by atoms with E-state index in [9.17, 15) is 9.18 Å². The first-order chi connectivity index (χ1) is 12.6. The number of carbonyl (C=O) groups excluding carboxylic acids is 1. The molecule has 0 atom stereocenters. The van der Waals surface area contributed by atoms with Crippen molar-refractivity contribution in [3.63, 3.8) is 0 Å². The normalized spacial score (nSPS) is 13.6. The van der Waals surface area contributed by atoms with Crippen molar-refractivity contribution in [2.24, 2.45) is 0 Å². The van der Waals surface area contributed by atoms with E-state index < -0.39 is 5.82 Å². The molecule has 0 unspecified atom stereocenters. The Kier molecular flexibility index (Phi) is 4.24. The molecule has 1 aromatic heterocycles. The van der Waals surface area contributed by atoms with Crippen LogP contribution in [-0.2, 0) is 6.42 Å². The van der Waals surface area contributed by atoms with Gasteiger partial charge >= 0.3 is 0 Å². The summed E-state index contributed by atoms with van der Waals surface area (Å²) in [5.41, 5.74) is 2.28. The molecule has 6 heteroatoms. The molecule has 0 saturated heterocycles. The van der Waals surface area contributed by atoms with Gasteiger partial charge in [-0.2, -0.15) is 4.98 Å². The van der Waals surface area contributed by atoms with Crippen molar-refractivity contribution in [3.05, 3.63) is 76.7 Å². The maximum Gasteiger partial charge on any atom is 0.255 e. The van der Waals surface area contributed by atoms with Crippen LogP contribution in [0.25, 0.3) is 0 Å². The standard InChI is InChI=1S/C20H18FN3O2/c1-12-6-7-15(10-16(12)21)20(25)22-17-5-3-2-4-14(17)11-18-23-19(24-26-18)13-8-9-13/h2-7,10,13H,8-9,11H2,1H3,(H,22,25). The van der Waals surface area contributed by atoms with E-state index in [0.717, 1.165) is 24.2 Å². The van der Waals surface area contributed by atoms with E-state index in [0.29, 0.717) is 29.5 Å². The van der Waals surface area contributed by atoms with Crippen molar-refractivity contribution in [1.82, 2.24) is 10.1 Å². The number of benzene rings is 2. The molecule has 0 bridgehead atoms. The molecule has 2 aromatic carbocycles. The van der Waals surface area contributed by atoms with Crippen LogP contribution in [0.1, 0.15) is 52.0 Å². The Morgan fingerprint density at radius 2 is 2.08 bits per heavy atom. The zero-order chi connectivity index (χ0) is 18.1. The number of nitrogens with one attached hydrogen (secondary N) is 1. The van der Waals surface area contributed by atoms with Crippen molar-refractivity contribution in [2.75, 3.05) is 5.32 Å². The molecule has 1 heterocycles. The van der Waals surface area contributed by atoms with Gasteiger partial charge < -0.3 is 9.84 Å². The highest BCUT2D eigenvalue weighted by atomic mass is 19.1. The number of nitrogens with zero attached hydrogens (tertiary/aromatic N) is 2. The predicted octanol–water partition coefficient (Wildman–Crippen LogP) is 4.24. The first kappa shape index (κ1) is 16.4. The number of aryl methyl sites for hydroxylation is 1. The van der Waals surface area contributed by atoms with Crippen LogP contribution in [-0.4, -0.2) is 16.0 Å². The zero-order valence-electron chi connectivity index (χ0n) is 14.3. The first-order valence-electron chi connectivity index (χ1n) is 8.58. The fourth-order valence-corrected chi connectivity index (χ4v) is 2.74. The summed E-state index contributed by atoms with van der Waals surface area (Å²) in [7, 11) is 0. The number of anilines is 1. The smallest absolute Gasteiger partial charge is 0.255 e. The third kappa shape index (κ3) is 3.49. The molecule has 132 valence electrons. The molecule has 0 spiro atoms. The maximum absolute atomic E-state index is 13.7. The zero-order valence-corrected chi connectivity index (χ0v) is 14.3. The van der Waals surface area contributed by atoms with Crippen molar-refractivity contribution in [2.45, 2.75) is 32.1 Å². The van der Waals surface area contributed by atoms with Crippen LogP contribution < -0.4 is 5.32 Å². The van der Waals surface area contributed by atoms with Crippen LogP contribution in [0.5, 0.6) is 0 Å². The van der Waals surface area contributed by atoms with E-state index in [4.69, 9.17) is 4.52 Å². The van der Waals surface area contributed by atoms with Crippen LogP contribution in [0, 0.1) is 12.7 Å². The first-order valence-corrected chi connectivity index (χ1v) is 8.58. The van der Waals surface area contributed by atoms with Gasteiger partial charge in [0.1, 0.15) is 5.82 Å². The third-order valence-electron chi connectivity index (χ3n) is 4.47. The number of halogens is 1. The van der Waals surface area contributed by atoms with E-state index in [2.05, 4.69) is 15.5 Å². The Labute approximate surface area is 150 Å². The van der Waals surface area contributed by atoms with Gasteiger partial charge in [0.2, 0.25) is 5.89 Å². The van der Waals surface area contributed by atoms with Gasteiger partial charge in [-0.25, -0.2) is 4.39 Å². The maximum atomic E-state index is 13.7. The number of hydrogen-bond donors (Lipinski definition) is 1. The highest BCUT2D eigenvalue weighted by Crippen LogP contribution is 2.38. The molecule has 1 aliphatic rings. The summed E-state index contributed by atoms with van der Waals surface area (Å²) in [4.78, 5) is 16.9. The van der Waals surface area contributed by atoms with Crippen LogP contribution in [0.2, 0.25) is 0 Å². The summed E-state index contributed by atoms with van der Waals surface area (Å²) >= 11 is 0. The van der Waals surface area contributed by atoms with Crippen molar-refractivity contribution >= 4 is 11.6 Å². The second kappa shape index (κ2) is 6.71. The molecule has 1 amide bonds. The van der Waals surface area contributed by atoms with Crippen LogP contribution in [0.15, 0.2) is 47.0 Å². The summed E-state index contributed by atoms with van der Waals surface area (Å²) < 4.78 is 19.0. The second-order valence-corrected chi connectivity index (χ2v) is 6.57. The van der Waals surface area contributed by atoms with E-state index in [-0.39, 0.29) is 11.5 Å². The van der Waals surface area contributed by atoms with Gasteiger partial charge in [-0.3, -0.25) is 4.79 Å². The Morgan fingerprint density at radius 1 is 1.27 bits per heavy atom. The minimum absolute atomic E-state index is 0.275. The SMILES string of the molecule is Cc1ccc(C(=O)Nc2ccccc2Cc2nc(C3CC3)no2)cc1F. The molecular formula is C20H18FN3O2. The van der Waals surface area contributed by atoms with Crippen molar-refractivity contribution in [3.8, 4) is 0 Å². The molecule has 0 aliphatic heterocycles. The largest absolute Gasteiger partial charge is 0.339 e. The lowest BCUT2D eigenvalue weighted by molar-refractivity contribution is 0.102. The number of hydrogen-bond acceptors (Lipinski definition) is 4. The molecule has 5 nitrogen and oxygen atoms in total. The summed E-state index contributed by atoms with van der Waals surface area (Å²) in [6.07, 6.45) is 2.65. The summed E-state index contributed by atoms with van der Waals surface area (Å²) in [6.45, 7) is 1.66. The molecule has 4 rings (SSSR count). The van der Waals surface area contributed by atoms with E-state index >= 15 is 0 Å². The summed E-state index contributed by atoms with van der Waals surface area (Å²) in [6, 6.07) is 11.9. The summed E-state index contributed by atoms with van der Waals surface area (Å²) in [5, 5.41) is 6.86.